The predicted molar refractivity (Wildman–Crippen MR) is 113 cm³/mol. The highest BCUT2D eigenvalue weighted by Gasteiger charge is 2.25. The maximum Gasteiger partial charge on any atom is 0.189 e. The van der Waals surface area contributed by atoms with Crippen LogP contribution in [0.3, 0.4) is 0 Å². The van der Waals surface area contributed by atoms with Crippen molar-refractivity contribution in [3.63, 3.8) is 0 Å². The lowest BCUT2D eigenvalue weighted by atomic mass is 10.0. The number of methoxy groups -OCH3 is 1. The number of nitrogens with one attached hydrogen (secondary N) is 1. The van der Waals surface area contributed by atoms with Gasteiger partial charge in [-0.15, -0.1) is 0 Å². The summed E-state index contributed by atoms with van der Waals surface area (Å²) in [7, 11) is 1.52. The van der Waals surface area contributed by atoms with E-state index in [0.29, 0.717) is 29.8 Å². The van der Waals surface area contributed by atoms with Crippen LogP contribution in [0.5, 0.6) is 11.5 Å². The minimum Gasteiger partial charge on any atom is -0.507 e. The average molecular weight is 414 g/mol. The molecule has 1 fully saturated rings. The molecule has 3 rings (SSSR count). The second-order valence-electron chi connectivity index (χ2n) is 7.23. The van der Waals surface area contributed by atoms with Gasteiger partial charge in [0, 0.05) is 38.8 Å². The Morgan fingerprint density at radius 3 is 2.77 bits per heavy atom. The molecule has 1 unspecified atom stereocenters. The molecule has 0 bridgehead atoms. The lowest BCUT2D eigenvalue weighted by Gasteiger charge is -2.36. The fraction of sp³-hybridized carbons (Fsp3) is 0.348. The van der Waals surface area contributed by atoms with Crippen LogP contribution in [0, 0.1) is 5.82 Å². The number of phenols is 1. The average Bonchev–Trinajstić information content (AvgIpc) is 2.76. The van der Waals surface area contributed by atoms with Crippen molar-refractivity contribution in [1.82, 2.24) is 10.2 Å². The van der Waals surface area contributed by atoms with Gasteiger partial charge in [-0.25, -0.2) is 4.39 Å². The van der Waals surface area contributed by atoms with E-state index in [2.05, 4.69) is 10.2 Å². The summed E-state index contributed by atoms with van der Waals surface area (Å²) in [5, 5.41) is 23.5. The standard InChI is InChI=1S/C23H27FN2O4/c1-30-22-9-7-19(21(28)8-4-16-2-5-17(24)6-3-16)23(29)20(22)15-26-12-11-25-14-18(26)10-13-27/h2-9,18,25,27,29H,10-15H2,1H3/b8-4+. The first-order chi connectivity index (χ1) is 14.5. The van der Waals surface area contributed by atoms with Gasteiger partial charge in [0.2, 0.25) is 0 Å². The zero-order valence-corrected chi connectivity index (χ0v) is 17.0. The molecule has 0 saturated carbocycles. The molecule has 0 amide bonds. The van der Waals surface area contributed by atoms with E-state index >= 15 is 0 Å². The number of carbonyl (C=O) groups excluding carboxylic acids is 1. The molecule has 160 valence electrons. The summed E-state index contributed by atoms with van der Waals surface area (Å²) in [6.45, 7) is 2.81. The quantitative estimate of drug-likeness (QED) is 0.455. The van der Waals surface area contributed by atoms with Crippen LogP contribution < -0.4 is 10.1 Å². The summed E-state index contributed by atoms with van der Waals surface area (Å²) in [5.74, 6) is -0.298. The molecule has 2 aromatic rings. The molecule has 0 spiro atoms. The number of piperazine rings is 1. The summed E-state index contributed by atoms with van der Waals surface area (Å²) >= 11 is 0. The third-order valence-electron chi connectivity index (χ3n) is 5.32. The molecule has 0 radical (unpaired) electrons. The minimum absolute atomic E-state index is 0.0820. The van der Waals surface area contributed by atoms with E-state index in [9.17, 15) is 19.4 Å². The van der Waals surface area contributed by atoms with Gasteiger partial charge in [0.15, 0.2) is 5.78 Å². The number of nitrogens with zero attached hydrogens (tertiary/aromatic N) is 1. The van der Waals surface area contributed by atoms with Crippen LogP contribution in [0.2, 0.25) is 0 Å². The molecule has 6 nitrogen and oxygen atoms in total. The van der Waals surface area contributed by atoms with Gasteiger partial charge in [-0.3, -0.25) is 9.69 Å². The Bertz CT molecular complexity index is 897. The topological polar surface area (TPSA) is 82.0 Å². The molecule has 1 saturated heterocycles. The van der Waals surface area contributed by atoms with Crippen LogP contribution in [-0.4, -0.2) is 60.3 Å². The molecule has 2 aromatic carbocycles. The van der Waals surface area contributed by atoms with Crippen LogP contribution in [0.25, 0.3) is 6.08 Å². The van der Waals surface area contributed by atoms with Crippen molar-refractivity contribution >= 4 is 11.9 Å². The first-order valence-corrected chi connectivity index (χ1v) is 9.96. The van der Waals surface area contributed by atoms with Gasteiger partial charge in [-0.2, -0.15) is 0 Å². The van der Waals surface area contributed by atoms with Crippen molar-refractivity contribution in [2.45, 2.75) is 19.0 Å². The molecule has 0 aromatic heterocycles. The van der Waals surface area contributed by atoms with E-state index in [1.165, 1.54) is 31.4 Å². The lowest BCUT2D eigenvalue weighted by Crippen LogP contribution is -2.51. The van der Waals surface area contributed by atoms with E-state index < -0.39 is 0 Å². The van der Waals surface area contributed by atoms with Gasteiger partial charge in [-0.1, -0.05) is 18.2 Å². The largest absolute Gasteiger partial charge is 0.507 e. The molecule has 1 aliphatic rings. The summed E-state index contributed by atoms with van der Waals surface area (Å²) in [6.07, 6.45) is 3.56. The van der Waals surface area contributed by atoms with Crippen LogP contribution in [0.15, 0.2) is 42.5 Å². The van der Waals surface area contributed by atoms with Gasteiger partial charge in [-0.05, 0) is 42.3 Å². The zero-order valence-electron chi connectivity index (χ0n) is 17.0. The van der Waals surface area contributed by atoms with Crippen LogP contribution in [0.4, 0.5) is 4.39 Å². The Labute approximate surface area is 175 Å². The summed E-state index contributed by atoms with van der Waals surface area (Å²) < 4.78 is 18.5. The zero-order chi connectivity index (χ0) is 21.5. The predicted octanol–water partition coefficient (Wildman–Crippen LogP) is 2.59. The number of rotatable bonds is 8. The van der Waals surface area contributed by atoms with Crippen molar-refractivity contribution in [2.75, 3.05) is 33.4 Å². The first-order valence-electron chi connectivity index (χ1n) is 9.96. The van der Waals surface area contributed by atoms with Crippen LogP contribution >= 0.6 is 0 Å². The highest BCUT2D eigenvalue weighted by atomic mass is 19.1. The van der Waals surface area contributed by atoms with Crippen molar-refractivity contribution in [3.8, 4) is 11.5 Å². The summed E-state index contributed by atoms with van der Waals surface area (Å²) in [5.41, 5.74) is 1.41. The summed E-state index contributed by atoms with van der Waals surface area (Å²) in [6, 6.07) is 9.14. The number of benzene rings is 2. The fourth-order valence-corrected chi connectivity index (χ4v) is 3.64. The van der Waals surface area contributed by atoms with E-state index in [-0.39, 0.29) is 35.6 Å². The number of hydrogen-bond donors (Lipinski definition) is 3. The molecule has 3 N–H and O–H groups in total. The third-order valence-corrected chi connectivity index (χ3v) is 5.32. The van der Waals surface area contributed by atoms with Crippen molar-refractivity contribution in [3.05, 3.63) is 65.0 Å². The van der Waals surface area contributed by atoms with E-state index in [1.54, 1.807) is 24.3 Å². The monoisotopic (exact) mass is 414 g/mol. The molecular weight excluding hydrogens is 387 g/mol. The minimum atomic E-state index is -0.354. The maximum absolute atomic E-state index is 13.0. The normalized spacial score (nSPS) is 17.4. The molecule has 1 atom stereocenters. The number of carbonyl (C=O) groups is 1. The Hall–Kier alpha value is -2.74. The fourth-order valence-electron chi connectivity index (χ4n) is 3.64. The van der Waals surface area contributed by atoms with Gasteiger partial charge < -0.3 is 20.3 Å². The van der Waals surface area contributed by atoms with Gasteiger partial charge in [0.1, 0.15) is 17.3 Å². The van der Waals surface area contributed by atoms with E-state index in [1.807, 2.05) is 0 Å². The highest BCUT2D eigenvalue weighted by Crippen LogP contribution is 2.34. The molecule has 7 heteroatoms. The van der Waals surface area contributed by atoms with Gasteiger partial charge in [0.25, 0.3) is 0 Å². The number of phenolic OH excluding ortho intramolecular Hbond substituents is 1. The van der Waals surface area contributed by atoms with E-state index in [0.717, 1.165) is 19.6 Å². The van der Waals surface area contributed by atoms with E-state index in [4.69, 9.17) is 4.74 Å². The van der Waals surface area contributed by atoms with Crippen LogP contribution in [0.1, 0.15) is 27.9 Å². The van der Waals surface area contributed by atoms with Crippen molar-refractivity contribution in [2.24, 2.45) is 0 Å². The Morgan fingerprint density at radius 1 is 1.30 bits per heavy atom. The number of aliphatic hydroxyl groups excluding tert-OH is 1. The third kappa shape index (κ3) is 5.24. The Morgan fingerprint density at radius 2 is 2.07 bits per heavy atom. The highest BCUT2D eigenvalue weighted by molar-refractivity contribution is 6.09. The Balaban J connectivity index is 1.84. The molecular formula is C23H27FN2O4. The molecule has 1 aliphatic heterocycles. The number of aliphatic hydroxyl groups is 1. The number of aromatic hydroxyl groups is 1. The second kappa shape index (κ2) is 10.3. The summed E-state index contributed by atoms with van der Waals surface area (Å²) in [4.78, 5) is 14.9. The number of halogens is 1. The molecule has 0 aliphatic carbocycles. The van der Waals surface area contributed by atoms with Crippen molar-refractivity contribution in [1.29, 1.82) is 0 Å². The smallest absolute Gasteiger partial charge is 0.189 e. The van der Waals surface area contributed by atoms with Gasteiger partial charge in [0.05, 0.1) is 18.2 Å². The van der Waals surface area contributed by atoms with Crippen LogP contribution in [-0.2, 0) is 6.54 Å². The number of allylic oxidation sites excluding steroid dienone is 1. The second-order valence-corrected chi connectivity index (χ2v) is 7.23. The maximum atomic E-state index is 13.0. The lowest BCUT2D eigenvalue weighted by molar-refractivity contribution is 0.104. The number of hydrogen-bond acceptors (Lipinski definition) is 6. The van der Waals surface area contributed by atoms with Gasteiger partial charge >= 0.3 is 0 Å². The number of ether oxygens (including phenoxy) is 1. The van der Waals surface area contributed by atoms with Crippen molar-refractivity contribution < 1.29 is 24.1 Å². The SMILES string of the molecule is COc1ccc(C(=O)/C=C/c2ccc(F)cc2)c(O)c1CN1CCNCC1CCO. The molecule has 30 heavy (non-hydrogen) atoms. The number of ketones is 1. The first kappa shape index (κ1) is 22.0. The Kier molecular flexibility index (Phi) is 7.57. The molecule has 1 heterocycles.